The molecule has 0 aliphatic heterocycles. The minimum Gasteiger partial charge on any atom is -0.327 e. The first-order chi connectivity index (χ1) is 5.72. The molecule has 1 nitrogen and oxygen atoms in total. The summed E-state index contributed by atoms with van der Waals surface area (Å²) >= 11 is 0. The van der Waals surface area contributed by atoms with Crippen molar-refractivity contribution in [2.45, 2.75) is 12.8 Å². The van der Waals surface area contributed by atoms with Gasteiger partial charge < -0.3 is 5.73 Å². The molecule has 1 heteroatoms. The Labute approximate surface area is 74.0 Å². The molecule has 12 heavy (non-hydrogen) atoms. The van der Waals surface area contributed by atoms with Crippen LogP contribution in [0.25, 0.3) is 0 Å². The lowest BCUT2D eigenvalue weighted by Crippen LogP contribution is -2.03. The Morgan fingerprint density at radius 1 is 1.58 bits per heavy atom. The van der Waals surface area contributed by atoms with Crippen molar-refractivity contribution in [2.75, 3.05) is 6.54 Å². The fourth-order valence-corrected chi connectivity index (χ4v) is 1.24. The topological polar surface area (TPSA) is 26.0 Å². The van der Waals surface area contributed by atoms with Gasteiger partial charge in [-0.05, 0) is 12.8 Å². The average molecular weight is 161 g/mol. The second kappa shape index (κ2) is 4.07. The number of hydrogen-bond acceptors (Lipinski definition) is 1. The van der Waals surface area contributed by atoms with Gasteiger partial charge >= 0.3 is 0 Å². The van der Waals surface area contributed by atoms with Gasteiger partial charge in [0, 0.05) is 6.54 Å². The van der Waals surface area contributed by atoms with Gasteiger partial charge in [-0.3, -0.25) is 0 Å². The molecule has 0 saturated heterocycles. The van der Waals surface area contributed by atoms with Gasteiger partial charge in [0.2, 0.25) is 0 Å². The van der Waals surface area contributed by atoms with Gasteiger partial charge in [-0.25, -0.2) is 0 Å². The van der Waals surface area contributed by atoms with Crippen LogP contribution in [0.2, 0.25) is 0 Å². The third-order valence-corrected chi connectivity index (χ3v) is 1.88. The largest absolute Gasteiger partial charge is 0.327 e. The second-order valence-corrected chi connectivity index (χ2v) is 3.15. The molecule has 0 spiro atoms. The second-order valence-electron chi connectivity index (χ2n) is 3.15. The van der Waals surface area contributed by atoms with Crippen LogP contribution in [-0.4, -0.2) is 6.54 Å². The highest BCUT2D eigenvalue weighted by Gasteiger charge is 2.03. The van der Waals surface area contributed by atoms with Gasteiger partial charge in [0.25, 0.3) is 0 Å². The van der Waals surface area contributed by atoms with Crippen molar-refractivity contribution in [1.82, 2.24) is 0 Å². The Kier molecular flexibility index (Phi) is 3.06. The highest BCUT2D eigenvalue weighted by Crippen LogP contribution is 2.21. The van der Waals surface area contributed by atoms with Crippen molar-refractivity contribution in [3.8, 4) is 0 Å². The summed E-state index contributed by atoms with van der Waals surface area (Å²) in [6, 6.07) is 0. The van der Waals surface area contributed by atoms with Gasteiger partial charge in [-0.2, -0.15) is 0 Å². The Morgan fingerprint density at radius 3 is 2.92 bits per heavy atom. The molecule has 64 valence electrons. The summed E-state index contributed by atoms with van der Waals surface area (Å²) in [5, 5.41) is 0. The minimum absolute atomic E-state index is 0.577. The van der Waals surface area contributed by atoms with Crippen LogP contribution in [0.1, 0.15) is 12.8 Å². The first-order valence-corrected chi connectivity index (χ1v) is 4.13. The lowest BCUT2D eigenvalue weighted by Gasteiger charge is -2.11. The van der Waals surface area contributed by atoms with E-state index < -0.39 is 0 Å². The molecule has 0 aromatic rings. The smallest absolute Gasteiger partial charge is 0.0137 e. The molecule has 2 N–H and O–H groups in total. The molecule has 0 atom stereocenters. The first kappa shape index (κ1) is 9.01. The van der Waals surface area contributed by atoms with Crippen LogP contribution in [0.3, 0.4) is 0 Å². The molecule has 0 heterocycles. The summed E-state index contributed by atoms with van der Waals surface area (Å²) in [6.45, 7) is 8.36. The Balaban J connectivity index is 2.53. The van der Waals surface area contributed by atoms with E-state index in [9.17, 15) is 0 Å². The summed E-state index contributed by atoms with van der Waals surface area (Å²) < 4.78 is 0. The molecular formula is C11H15N. The number of hydrogen-bond donors (Lipinski definition) is 1. The van der Waals surface area contributed by atoms with Crippen LogP contribution < -0.4 is 5.73 Å². The van der Waals surface area contributed by atoms with E-state index in [0.29, 0.717) is 6.54 Å². The van der Waals surface area contributed by atoms with Crippen LogP contribution in [0.15, 0.2) is 48.1 Å². The van der Waals surface area contributed by atoms with E-state index >= 15 is 0 Å². The van der Waals surface area contributed by atoms with E-state index in [0.717, 1.165) is 24.0 Å². The van der Waals surface area contributed by atoms with Crippen LogP contribution in [-0.2, 0) is 0 Å². The summed E-state index contributed by atoms with van der Waals surface area (Å²) in [7, 11) is 0. The molecule has 0 bridgehead atoms. The zero-order valence-electron chi connectivity index (χ0n) is 7.34. The molecule has 0 radical (unpaired) electrons. The van der Waals surface area contributed by atoms with Crippen molar-refractivity contribution < 1.29 is 0 Å². The van der Waals surface area contributed by atoms with E-state index in [4.69, 9.17) is 5.73 Å². The minimum atomic E-state index is 0.577. The van der Waals surface area contributed by atoms with Crippen LogP contribution in [0.4, 0.5) is 0 Å². The lowest BCUT2D eigenvalue weighted by molar-refractivity contribution is 0.974. The summed E-state index contributed by atoms with van der Waals surface area (Å²) in [5.74, 6) is 0. The van der Waals surface area contributed by atoms with E-state index in [2.05, 4.69) is 19.2 Å². The number of nitrogens with two attached hydrogens (primary N) is 1. The zero-order valence-corrected chi connectivity index (χ0v) is 7.34. The van der Waals surface area contributed by atoms with Gasteiger partial charge in [0.1, 0.15) is 0 Å². The predicted octanol–water partition coefficient (Wildman–Crippen LogP) is 2.33. The average Bonchev–Trinajstić information content (AvgIpc) is 2.04. The maximum atomic E-state index is 5.46. The lowest BCUT2D eigenvalue weighted by atomic mass is 9.96. The van der Waals surface area contributed by atoms with Crippen LogP contribution >= 0.6 is 0 Å². The van der Waals surface area contributed by atoms with Gasteiger partial charge in [0.05, 0.1) is 0 Å². The summed E-state index contributed by atoms with van der Waals surface area (Å²) in [5.41, 5.74) is 9.07. The molecule has 1 aliphatic rings. The molecule has 0 unspecified atom stereocenters. The van der Waals surface area contributed by atoms with Gasteiger partial charge in [-0.15, -0.1) is 0 Å². The number of allylic oxidation sites excluding steroid dienone is 5. The fourth-order valence-electron chi connectivity index (χ4n) is 1.24. The van der Waals surface area contributed by atoms with Crippen molar-refractivity contribution in [3.63, 3.8) is 0 Å². The molecular weight excluding hydrogens is 146 g/mol. The van der Waals surface area contributed by atoms with E-state index in [-0.39, 0.29) is 0 Å². The van der Waals surface area contributed by atoms with E-state index in [1.54, 1.807) is 0 Å². The monoisotopic (exact) mass is 161 g/mol. The maximum absolute atomic E-state index is 5.46. The fraction of sp³-hybridized carbons (Fsp3) is 0.273. The van der Waals surface area contributed by atoms with Crippen LogP contribution in [0.5, 0.6) is 0 Å². The third-order valence-electron chi connectivity index (χ3n) is 1.88. The van der Waals surface area contributed by atoms with Gasteiger partial charge in [0.15, 0.2) is 0 Å². The molecule has 0 fully saturated rings. The standard InChI is InChI=1S/C11H15N/c1-9-4-3-5-11(6-9)7-10(2)8-12/h3-5H,1-2,6-8,12H2. The van der Waals surface area contributed by atoms with Crippen LogP contribution in [0, 0.1) is 0 Å². The molecule has 0 aromatic heterocycles. The molecule has 0 amide bonds. The molecule has 1 aliphatic carbocycles. The Hall–Kier alpha value is -1.08. The summed E-state index contributed by atoms with van der Waals surface area (Å²) in [6.07, 6.45) is 8.07. The normalized spacial score (nSPS) is 16.1. The third kappa shape index (κ3) is 2.51. The highest BCUT2D eigenvalue weighted by molar-refractivity contribution is 5.34. The molecule has 0 saturated carbocycles. The quantitative estimate of drug-likeness (QED) is 0.632. The van der Waals surface area contributed by atoms with Crippen molar-refractivity contribution >= 4 is 0 Å². The molecule has 0 aromatic carbocycles. The SMILES string of the molecule is C=C1C=CC=C(CC(=C)CN)C1. The van der Waals surface area contributed by atoms with Gasteiger partial charge in [-0.1, -0.05) is 48.1 Å². The molecule has 1 rings (SSSR count). The Morgan fingerprint density at radius 2 is 2.33 bits per heavy atom. The first-order valence-electron chi connectivity index (χ1n) is 4.13. The summed E-state index contributed by atoms with van der Waals surface area (Å²) in [4.78, 5) is 0. The van der Waals surface area contributed by atoms with Crippen molar-refractivity contribution in [3.05, 3.63) is 48.1 Å². The predicted molar refractivity (Wildman–Crippen MR) is 53.8 cm³/mol. The Bertz CT molecular complexity index is 256. The zero-order chi connectivity index (χ0) is 8.97. The van der Waals surface area contributed by atoms with Crippen molar-refractivity contribution in [1.29, 1.82) is 0 Å². The van der Waals surface area contributed by atoms with E-state index in [1.165, 1.54) is 5.57 Å². The number of rotatable bonds is 3. The highest BCUT2D eigenvalue weighted by atomic mass is 14.5. The van der Waals surface area contributed by atoms with E-state index in [1.807, 2.05) is 12.2 Å². The maximum Gasteiger partial charge on any atom is 0.0137 e. The van der Waals surface area contributed by atoms with Crippen molar-refractivity contribution in [2.24, 2.45) is 5.73 Å².